The Balaban J connectivity index is 2.31. The molecular formula is C22H29ClN2O4S. The number of rotatable bonds is 9. The molecule has 0 aromatic heterocycles. The molecule has 1 atom stereocenters. The van der Waals surface area contributed by atoms with Gasteiger partial charge in [0.2, 0.25) is 15.9 Å². The summed E-state index contributed by atoms with van der Waals surface area (Å²) in [6.07, 6.45) is 2.80. The van der Waals surface area contributed by atoms with E-state index >= 15 is 0 Å². The van der Waals surface area contributed by atoms with Gasteiger partial charge in [0.05, 0.1) is 19.1 Å². The Morgan fingerprint density at radius 2 is 1.83 bits per heavy atom. The summed E-state index contributed by atoms with van der Waals surface area (Å²) in [4.78, 5) is 12.9. The topological polar surface area (TPSA) is 75.7 Å². The molecule has 0 saturated carbocycles. The molecule has 2 rings (SSSR count). The van der Waals surface area contributed by atoms with Crippen LogP contribution in [0.2, 0.25) is 5.02 Å². The Bertz CT molecular complexity index is 1010. The van der Waals surface area contributed by atoms with Crippen LogP contribution in [0.3, 0.4) is 0 Å². The number of nitrogens with one attached hydrogen (secondary N) is 1. The van der Waals surface area contributed by atoms with E-state index in [1.54, 1.807) is 19.1 Å². The molecule has 0 heterocycles. The monoisotopic (exact) mass is 452 g/mol. The number of halogens is 1. The third kappa shape index (κ3) is 5.67. The lowest BCUT2D eigenvalue weighted by atomic mass is 10.0. The number of amides is 1. The van der Waals surface area contributed by atoms with Crippen molar-refractivity contribution in [1.82, 2.24) is 5.32 Å². The zero-order valence-electron chi connectivity index (χ0n) is 18.0. The van der Waals surface area contributed by atoms with Crippen molar-refractivity contribution in [3.63, 3.8) is 0 Å². The van der Waals surface area contributed by atoms with Crippen LogP contribution in [-0.2, 0) is 34.2 Å². The fraction of sp³-hybridized carbons (Fsp3) is 0.409. The van der Waals surface area contributed by atoms with E-state index in [0.29, 0.717) is 17.3 Å². The lowest BCUT2D eigenvalue weighted by Crippen LogP contribution is -2.47. The van der Waals surface area contributed by atoms with E-state index in [9.17, 15) is 13.2 Å². The molecule has 1 N–H and O–H groups in total. The average Bonchev–Trinajstić information content (AvgIpc) is 2.70. The highest BCUT2D eigenvalue weighted by Crippen LogP contribution is 2.34. The zero-order valence-corrected chi connectivity index (χ0v) is 19.6. The zero-order chi connectivity index (χ0) is 22.5. The van der Waals surface area contributed by atoms with Crippen LogP contribution < -0.4 is 14.4 Å². The second-order valence-electron chi connectivity index (χ2n) is 7.08. The van der Waals surface area contributed by atoms with Gasteiger partial charge in [0.25, 0.3) is 0 Å². The lowest BCUT2D eigenvalue weighted by molar-refractivity contribution is -0.122. The Hall–Kier alpha value is -2.25. The Morgan fingerprint density at radius 1 is 1.13 bits per heavy atom. The molecule has 0 aliphatic carbocycles. The molecule has 1 unspecified atom stereocenters. The molecule has 0 saturated heterocycles. The van der Waals surface area contributed by atoms with Crippen molar-refractivity contribution in [2.75, 3.05) is 17.7 Å². The summed E-state index contributed by atoms with van der Waals surface area (Å²) in [6, 6.07) is 9.90. The largest absolute Gasteiger partial charge is 0.495 e. The number of benzene rings is 2. The van der Waals surface area contributed by atoms with Crippen LogP contribution >= 0.6 is 11.6 Å². The molecule has 164 valence electrons. The highest BCUT2D eigenvalue weighted by molar-refractivity contribution is 7.92. The van der Waals surface area contributed by atoms with Gasteiger partial charge in [-0.15, -0.1) is 0 Å². The van der Waals surface area contributed by atoms with Crippen LogP contribution in [-0.4, -0.2) is 33.7 Å². The first-order chi connectivity index (χ1) is 14.1. The molecule has 1 amide bonds. The highest BCUT2D eigenvalue weighted by Gasteiger charge is 2.31. The SMILES string of the molecule is CCc1ccc(CC)c(CNC(=O)C(C)N(c2cc(Cl)ccc2OC)S(C)(=O)=O)c1. The predicted octanol–water partition coefficient (Wildman–Crippen LogP) is 3.94. The molecule has 6 nitrogen and oxygen atoms in total. The Labute approximate surface area is 184 Å². The van der Waals surface area contributed by atoms with Crippen LogP contribution in [0.5, 0.6) is 5.75 Å². The summed E-state index contributed by atoms with van der Waals surface area (Å²) in [5.74, 6) is -0.0974. The molecular weight excluding hydrogens is 424 g/mol. The first-order valence-electron chi connectivity index (χ1n) is 9.83. The first kappa shape index (κ1) is 24.0. The van der Waals surface area contributed by atoms with Crippen LogP contribution in [0, 0.1) is 0 Å². The van der Waals surface area contributed by atoms with Crippen molar-refractivity contribution in [1.29, 1.82) is 0 Å². The van der Waals surface area contributed by atoms with Crippen molar-refractivity contribution in [3.8, 4) is 5.75 Å². The van der Waals surface area contributed by atoms with Crippen molar-refractivity contribution < 1.29 is 17.9 Å². The number of hydrogen-bond acceptors (Lipinski definition) is 4. The minimum absolute atomic E-state index is 0.220. The minimum Gasteiger partial charge on any atom is -0.495 e. The van der Waals surface area contributed by atoms with Crippen LogP contribution in [0.1, 0.15) is 37.5 Å². The van der Waals surface area contributed by atoms with Crippen LogP contribution in [0.15, 0.2) is 36.4 Å². The number of carbonyl (C=O) groups is 1. The molecule has 2 aromatic carbocycles. The number of nitrogens with zero attached hydrogens (tertiary/aromatic N) is 1. The first-order valence-corrected chi connectivity index (χ1v) is 12.1. The Morgan fingerprint density at radius 3 is 2.40 bits per heavy atom. The van der Waals surface area contributed by atoms with E-state index in [2.05, 4.69) is 37.4 Å². The molecule has 0 aliphatic heterocycles. The molecule has 8 heteroatoms. The van der Waals surface area contributed by atoms with E-state index in [4.69, 9.17) is 16.3 Å². The number of aryl methyl sites for hydroxylation is 2. The van der Waals surface area contributed by atoms with Crippen molar-refractivity contribution >= 4 is 33.2 Å². The van der Waals surface area contributed by atoms with E-state index in [1.807, 2.05) is 0 Å². The molecule has 0 bridgehead atoms. The van der Waals surface area contributed by atoms with Gasteiger partial charge in [0.1, 0.15) is 11.8 Å². The van der Waals surface area contributed by atoms with Crippen LogP contribution in [0.4, 0.5) is 5.69 Å². The second-order valence-corrected chi connectivity index (χ2v) is 9.37. The van der Waals surface area contributed by atoms with Crippen molar-refractivity contribution in [3.05, 3.63) is 58.1 Å². The van der Waals surface area contributed by atoms with Gasteiger partial charge in [0, 0.05) is 11.6 Å². The van der Waals surface area contributed by atoms with Gasteiger partial charge < -0.3 is 10.1 Å². The highest BCUT2D eigenvalue weighted by atomic mass is 35.5. The maximum absolute atomic E-state index is 12.9. The number of ether oxygens (including phenoxy) is 1. The second kappa shape index (κ2) is 10.2. The quantitative estimate of drug-likeness (QED) is 0.625. The maximum atomic E-state index is 12.9. The van der Waals surface area contributed by atoms with Crippen LogP contribution in [0.25, 0.3) is 0 Å². The van der Waals surface area contributed by atoms with E-state index in [-0.39, 0.29) is 5.69 Å². The number of anilines is 1. The van der Waals surface area contributed by atoms with E-state index in [0.717, 1.165) is 34.5 Å². The molecule has 0 aliphatic rings. The van der Waals surface area contributed by atoms with Gasteiger partial charge in [-0.25, -0.2) is 8.42 Å². The van der Waals surface area contributed by atoms with Gasteiger partial charge in [-0.2, -0.15) is 0 Å². The summed E-state index contributed by atoms with van der Waals surface area (Å²) in [7, 11) is -2.35. The van der Waals surface area contributed by atoms with Gasteiger partial charge in [0.15, 0.2) is 0 Å². The van der Waals surface area contributed by atoms with Crippen molar-refractivity contribution in [2.24, 2.45) is 0 Å². The van der Waals surface area contributed by atoms with Gasteiger partial charge in [-0.3, -0.25) is 9.10 Å². The number of methoxy groups -OCH3 is 1. The molecule has 0 radical (unpaired) electrons. The van der Waals surface area contributed by atoms with Gasteiger partial charge in [-0.05, 0) is 54.7 Å². The fourth-order valence-corrected chi connectivity index (χ4v) is 4.69. The summed E-state index contributed by atoms with van der Waals surface area (Å²) in [5, 5.41) is 3.22. The normalized spacial score (nSPS) is 12.3. The van der Waals surface area contributed by atoms with Crippen molar-refractivity contribution in [2.45, 2.75) is 46.2 Å². The maximum Gasteiger partial charge on any atom is 0.243 e. The van der Waals surface area contributed by atoms with Gasteiger partial charge in [-0.1, -0.05) is 43.6 Å². The summed E-state index contributed by atoms with van der Waals surface area (Å²) < 4.78 is 31.5. The molecule has 0 fully saturated rings. The fourth-order valence-electron chi connectivity index (χ4n) is 3.36. The van der Waals surface area contributed by atoms with E-state index in [1.165, 1.54) is 18.7 Å². The molecule has 0 spiro atoms. The van der Waals surface area contributed by atoms with Gasteiger partial charge >= 0.3 is 0 Å². The lowest BCUT2D eigenvalue weighted by Gasteiger charge is -2.29. The third-order valence-electron chi connectivity index (χ3n) is 4.98. The Kier molecular flexibility index (Phi) is 8.15. The average molecular weight is 453 g/mol. The predicted molar refractivity (Wildman–Crippen MR) is 122 cm³/mol. The molecule has 2 aromatic rings. The molecule has 30 heavy (non-hydrogen) atoms. The third-order valence-corrected chi connectivity index (χ3v) is 6.44. The summed E-state index contributed by atoms with van der Waals surface area (Å²) in [5.41, 5.74) is 3.59. The smallest absolute Gasteiger partial charge is 0.243 e. The number of sulfonamides is 1. The number of carbonyl (C=O) groups excluding carboxylic acids is 1. The minimum atomic E-state index is -3.78. The number of hydrogen-bond donors (Lipinski definition) is 1. The summed E-state index contributed by atoms with van der Waals surface area (Å²) >= 11 is 6.08. The standard InChI is InChI=1S/C22H29ClN2O4S/c1-6-16-8-9-17(7-2)18(12-16)14-24-22(26)15(3)25(30(5,27)28)20-13-19(23)10-11-21(20)29-4/h8-13,15H,6-7,14H2,1-5H3,(H,24,26). The van der Waals surface area contributed by atoms with E-state index < -0.39 is 22.0 Å². The summed E-state index contributed by atoms with van der Waals surface area (Å²) in [6.45, 7) is 6.00.